The number of pyridine rings is 1. The van der Waals surface area contributed by atoms with Crippen molar-refractivity contribution in [2.75, 3.05) is 13.1 Å². The van der Waals surface area contributed by atoms with Crippen LogP contribution in [0.4, 0.5) is 0 Å². The summed E-state index contributed by atoms with van der Waals surface area (Å²) in [5.74, 6) is 1.39. The van der Waals surface area contributed by atoms with E-state index < -0.39 is 0 Å². The van der Waals surface area contributed by atoms with Crippen molar-refractivity contribution in [2.24, 2.45) is 13.0 Å². The van der Waals surface area contributed by atoms with Gasteiger partial charge in [-0.25, -0.2) is 4.98 Å². The van der Waals surface area contributed by atoms with Gasteiger partial charge in [0.1, 0.15) is 10.4 Å². The van der Waals surface area contributed by atoms with Gasteiger partial charge in [-0.3, -0.25) is 9.59 Å². The third-order valence-corrected chi connectivity index (χ3v) is 5.17. The molecule has 134 valence electrons. The van der Waals surface area contributed by atoms with Gasteiger partial charge in [-0.15, -0.1) is 0 Å². The fraction of sp³-hybridized carbons (Fsp3) is 0.500. The summed E-state index contributed by atoms with van der Waals surface area (Å²) in [6, 6.07) is 1.89. The van der Waals surface area contributed by atoms with Crippen LogP contribution in [0.25, 0.3) is 11.4 Å². The van der Waals surface area contributed by atoms with E-state index in [0.717, 1.165) is 48.5 Å². The van der Waals surface area contributed by atoms with Crippen molar-refractivity contribution in [3.63, 3.8) is 0 Å². The Morgan fingerprint density at radius 1 is 1.40 bits per heavy atom. The van der Waals surface area contributed by atoms with E-state index >= 15 is 0 Å². The Hall–Kier alpha value is -1.89. The lowest BCUT2D eigenvalue weighted by Gasteiger charge is -2.32. The van der Waals surface area contributed by atoms with Crippen LogP contribution in [0, 0.1) is 12.8 Å². The van der Waals surface area contributed by atoms with E-state index in [1.54, 1.807) is 18.5 Å². The van der Waals surface area contributed by atoms with E-state index in [0.29, 0.717) is 11.5 Å². The molecule has 1 amide bonds. The molecule has 0 spiro atoms. The van der Waals surface area contributed by atoms with Gasteiger partial charge in [0.2, 0.25) is 5.91 Å². The van der Waals surface area contributed by atoms with Gasteiger partial charge < -0.3 is 14.0 Å². The molecule has 1 saturated heterocycles. The third-order valence-electron chi connectivity index (χ3n) is 4.79. The number of imidazole rings is 1. The number of halogens is 1. The third kappa shape index (κ3) is 3.86. The lowest BCUT2D eigenvalue weighted by Crippen LogP contribution is -2.39. The highest BCUT2D eigenvalue weighted by Gasteiger charge is 2.23. The Morgan fingerprint density at radius 3 is 2.84 bits per heavy atom. The Morgan fingerprint density at radius 2 is 2.16 bits per heavy atom. The molecule has 25 heavy (non-hydrogen) atoms. The minimum atomic E-state index is 0.00491. The van der Waals surface area contributed by atoms with Crippen molar-refractivity contribution in [1.82, 2.24) is 19.0 Å². The molecule has 3 heterocycles. The molecule has 6 nitrogen and oxygen atoms in total. The number of nitrogens with zero attached hydrogens (tertiary/aromatic N) is 4. The summed E-state index contributed by atoms with van der Waals surface area (Å²) >= 11 is 3.47. The van der Waals surface area contributed by atoms with Gasteiger partial charge in [-0.05, 0) is 47.7 Å². The second-order valence-corrected chi connectivity index (χ2v) is 7.65. The van der Waals surface area contributed by atoms with Crippen LogP contribution in [0.15, 0.2) is 27.9 Å². The molecule has 1 fully saturated rings. The lowest BCUT2D eigenvalue weighted by molar-refractivity contribution is -0.130. The van der Waals surface area contributed by atoms with Gasteiger partial charge in [0.25, 0.3) is 5.56 Å². The first-order valence-electron chi connectivity index (χ1n) is 8.51. The highest BCUT2D eigenvalue weighted by atomic mass is 79.9. The normalized spacial score (nSPS) is 17.8. The first-order chi connectivity index (χ1) is 11.8. The summed E-state index contributed by atoms with van der Waals surface area (Å²) in [5, 5.41) is 0. The molecule has 2 aromatic heterocycles. The summed E-state index contributed by atoms with van der Waals surface area (Å²) in [5.41, 5.74) is 1.63. The molecule has 0 saturated carbocycles. The van der Waals surface area contributed by atoms with Crippen LogP contribution in [0.5, 0.6) is 0 Å². The smallest absolute Gasteiger partial charge is 0.253 e. The van der Waals surface area contributed by atoms with E-state index in [4.69, 9.17) is 0 Å². The number of aromatic nitrogens is 3. The molecule has 1 aliphatic heterocycles. The fourth-order valence-corrected chi connectivity index (χ4v) is 3.95. The number of likely N-dealkylation sites (tertiary alicyclic amines) is 1. The van der Waals surface area contributed by atoms with E-state index in [9.17, 15) is 9.59 Å². The number of rotatable bonds is 3. The predicted molar refractivity (Wildman–Crippen MR) is 100 cm³/mol. The molecule has 0 radical (unpaired) electrons. The Kier molecular flexibility index (Phi) is 5.13. The maximum atomic E-state index is 11.9. The zero-order valence-electron chi connectivity index (χ0n) is 14.8. The second-order valence-electron chi connectivity index (χ2n) is 6.84. The van der Waals surface area contributed by atoms with Crippen molar-refractivity contribution in [3.05, 3.63) is 39.0 Å². The highest BCUT2D eigenvalue weighted by Crippen LogP contribution is 2.25. The molecule has 2 aromatic rings. The summed E-state index contributed by atoms with van der Waals surface area (Å²) < 4.78 is 4.49. The molecule has 1 atom stereocenters. The highest BCUT2D eigenvalue weighted by molar-refractivity contribution is 9.10. The average Bonchev–Trinajstić information content (AvgIpc) is 2.92. The Balaban J connectivity index is 1.89. The number of amides is 1. The van der Waals surface area contributed by atoms with Crippen LogP contribution in [0.1, 0.15) is 25.3 Å². The maximum Gasteiger partial charge on any atom is 0.253 e. The molecule has 3 rings (SSSR count). The number of aryl methyl sites for hydroxylation is 2. The first-order valence-corrected chi connectivity index (χ1v) is 9.30. The molecule has 1 unspecified atom stereocenters. The first kappa shape index (κ1) is 17.9. The molecule has 0 aliphatic carbocycles. The van der Waals surface area contributed by atoms with Crippen LogP contribution in [0.3, 0.4) is 0 Å². The van der Waals surface area contributed by atoms with Gasteiger partial charge in [0, 0.05) is 57.1 Å². The quantitative estimate of drug-likeness (QED) is 0.786. The minimum absolute atomic E-state index is 0.00491. The van der Waals surface area contributed by atoms with Crippen molar-refractivity contribution >= 4 is 21.8 Å². The number of hydrogen-bond acceptors (Lipinski definition) is 3. The van der Waals surface area contributed by atoms with Crippen LogP contribution in [0.2, 0.25) is 0 Å². The van der Waals surface area contributed by atoms with Crippen LogP contribution < -0.4 is 5.56 Å². The summed E-state index contributed by atoms with van der Waals surface area (Å²) in [6.07, 6.45) is 5.94. The monoisotopic (exact) mass is 406 g/mol. The second kappa shape index (κ2) is 7.15. The van der Waals surface area contributed by atoms with Crippen molar-refractivity contribution in [3.8, 4) is 11.4 Å². The van der Waals surface area contributed by atoms with Gasteiger partial charge in [0.15, 0.2) is 0 Å². The molecular formula is C18H23BrN4O2. The Labute approximate surface area is 155 Å². The number of carbonyl (C=O) groups excluding carboxylic acids is 1. The Bertz CT molecular complexity index is 829. The fourth-order valence-electron chi connectivity index (χ4n) is 3.53. The number of hydrogen-bond donors (Lipinski definition) is 0. The van der Waals surface area contributed by atoms with Gasteiger partial charge in [0.05, 0.1) is 0 Å². The van der Waals surface area contributed by atoms with Crippen molar-refractivity contribution in [2.45, 2.75) is 33.2 Å². The largest absolute Gasteiger partial charge is 0.343 e. The number of carbonyl (C=O) groups is 1. The van der Waals surface area contributed by atoms with Crippen LogP contribution in [-0.2, 0) is 18.4 Å². The van der Waals surface area contributed by atoms with Crippen LogP contribution >= 0.6 is 15.9 Å². The van der Waals surface area contributed by atoms with Gasteiger partial charge >= 0.3 is 0 Å². The zero-order chi connectivity index (χ0) is 18.1. The maximum absolute atomic E-state index is 11.9. The van der Waals surface area contributed by atoms with Crippen LogP contribution in [-0.4, -0.2) is 38.0 Å². The van der Waals surface area contributed by atoms with Gasteiger partial charge in [-0.1, -0.05) is 0 Å². The topological polar surface area (TPSA) is 60.1 Å². The predicted octanol–water partition coefficient (Wildman–Crippen LogP) is 2.58. The minimum Gasteiger partial charge on any atom is -0.343 e. The number of piperidine rings is 1. The van der Waals surface area contributed by atoms with E-state index in [-0.39, 0.29) is 11.5 Å². The van der Waals surface area contributed by atoms with E-state index in [1.807, 2.05) is 30.3 Å². The molecule has 0 N–H and O–H groups in total. The van der Waals surface area contributed by atoms with E-state index in [1.165, 1.54) is 0 Å². The SMILES string of the molecule is CC(=O)N1CCCC(Cn2cc(Br)nc2-c2cc(C)c(=O)n(C)c2)C1. The molecule has 7 heteroatoms. The average molecular weight is 407 g/mol. The lowest BCUT2D eigenvalue weighted by atomic mass is 9.97. The molecule has 1 aliphatic rings. The standard InChI is InChI=1S/C18H23BrN4O2/c1-12-7-15(10-21(3)18(12)25)17-20-16(19)11-23(17)9-14-5-4-6-22(8-14)13(2)24/h7,10-11,14H,4-6,8-9H2,1-3H3. The molecule has 0 bridgehead atoms. The van der Waals surface area contributed by atoms with Gasteiger partial charge in [-0.2, -0.15) is 0 Å². The zero-order valence-corrected chi connectivity index (χ0v) is 16.4. The van der Waals surface area contributed by atoms with Crippen molar-refractivity contribution < 1.29 is 4.79 Å². The van der Waals surface area contributed by atoms with Crippen molar-refractivity contribution in [1.29, 1.82) is 0 Å². The molecule has 0 aromatic carbocycles. The summed E-state index contributed by atoms with van der Waals surface area (Å²) in [7, 11) is 1.76. The summed E-state index contributed by atoms with van der Waals surface area (Å²) in [4.78, 5) is 30.1. The summed E-state index contributed by atoms with van der Waals surface area (Å²) in [6.45, 7) is 5.90. The molecular weight excluding hydrogens is 384 g/mol. The van der Waals surface area contributed by atoms with E-state index in [2.05, 4.69) is 25.5 Å².